The highest BCUT2D eigenvalue weighted by Crippen LogP contribution is 2.25. The molecule has 2 aromatic heterocycles. The lowest BCUT2D eigenvalue weighted by Crippen LogP contribution is -2.33. The van der Waals surface area contributed by atoms with E-state index in [-0.39, 0.29) is 0 Å². The SMILES string of the molecule is C[n+]1ccccc1COc1ccccc1/C=C/c1ccc(-c2ccc(/C=C/c3ccccc3OCc3cccc[n+]3C)cc2)cc1. The molecule has 0 saturated heterocycles. The van der Waals surface area contributed by atoms with Crippen LogP contribution in [0.2, 0.25) is 0 Å². The zero-order valence-corrected chi connectivity index (χ0v) is 26.3. The Morgan fingerprint density at radius 1 is 0.435 bits per heavy atom. The van der Waals surface area contributed by atoms with Crippen molar-refractivity contribution in [2.45, 2.75) is 13.2 Å². The molecule has 0 aliphatic rings. The molecule has 0 spiro atoms. The van der Waals surface area contributed by atoms with Crippen LogP contribution in [0.4, 0.5) is 0 Å². The molecule has 2 heterocycles. The van der Waals surface area contributed by atoms with Gasteiger partial charge in [-0.2, -0.15) is 0 Å². The van der Waals surface area contributed by atoms with Crippen molar-refractivity contribution >= 4 is 24.3 Å². The zero-order chi connectivity index (χ0) is 31.6. The third-order valence-electron chi connectivity index (χ3n) is 7.98. The second kappa shape index (κ2) is 14.8. The predicted molar refractivity (Wildman–Crippen MR) is 187 cm³/mol. The smallest absolute Gasteiger partial charge is 0.219 e. The molecule has 0 amide bonds. The molecule has 0 saturated carbocycles. The van der Waals surface area contributed by atoms with Crippen molar-refractivity contribution in [2.24, 2.45) is 14.1 Å². The standard InChI is InChI=1S/C42H38N2O2/c1-43-29-9-7-13-39(43)31-45-41-15-5-3-11-37(41)27-21-33-17-23-35(24-18-33)36-25-19-34(20-26-36)22-28-38-12-4-6-16-42(38)46-32-40-14-8-10-30-44(40)2/h3-30H,31-32H2,1-2H3/q+2/b27-21+,28-22+. The van der Waals surface area contributed by atoms with Gasteiger partial charge in [-0.1, -0.05) is 109 Å². The van der Waals surface area contributed by atoms with Gasteiger partial charge in [-0.05, 0) is 46.5 Å². The van der Waals surface area contributed by atoms with Gasteiger partial charge in [0.15, 0.2) is 25.6 Å². The molecule has 0 aliphatic carbocycles. The highest BCUT2D eigenvalue weighted by atomic mass is 16.5. The van der Waals surface area contributed by atoms with E-state index in [9.17, 15) is 0 Å². The van der Waals surface area contributed by atoms with Gasteiger partial charge in [0, 0.05) is 35.4 Å². The summed E-state index contributed by atoms with van der Waals surface area (Å²) >= 11 is 0. The van der Waals surface area contributed by atoms with Gasteiger partial charge in [0.1, 0.15) is 25.6 Å². The van der Waals surface area contributed by atoms with Crippen LogP contribution in [0, 0.1) is 0 Å². The van der Waals surface area contributed by atoms with Crippen LogP contribution in [0.5, 0.6) is 11.5 Å². The molecule has 6 aromatic rings. The van der Waals surface area contributed by atoms with E-state index in [1.54, 1.807) is 0 Å². The average Bonchev–Trinajstić information content (AvgIpc) is 3.10. The lowest BCUT2D eigenvalue weighted by Gasteiger charge is -2.08. The molecule has 4 aromatic carbocycles. The average molecular weight is 603 g/mol. The number of ether oxygens (including phenoxy) is 2. The van der Waals surface area contributed by atoms with Gasteiger partial charge in [-0.25, -0.2) is 9.13 Å². The van der Waals surface area contributed by atoms with Crippen LogP contribution in [0.3, 0.4) is 0 Å². The van der Waals surface area contributed by atoms with Crippen molar-refractivity contribution in [3.63, 3.8) is 0 Å². The third kappa shape index (κ3) is 7.85. The molecule has 0 N–H and O–H groups in total. The summed E-state index contributed by atoms with van der Waals surface area (Å²) in [4.78, 5) is 0. The van der Waals surface area contributed by atoms with Crippen molar-refractivity contribution in [1.82, 2.24) is 0 Å². The fourth-order valence-electron chi connectivity index (χ4n) is 5.17. The first-order valence-electron chi connectivity index (χ1n) is 15.5. The Morgan fingerprint density at radius 2 is 0.826 bits per heavy atom. The molecule has 0 fully saturated rings. The monoisotopic (exact) mass is 602 g/mol. The van der Waals surface area contributed by atoms with Gasteiger partial charge in [0.05, 0.1) is 0 Å². The van der Waals surface area contributed by atoms with Crippen LogP contribution >= 0.6 is 0 Å². The first kappa shape index (κ1) is 30.3. The Bertz CT molecular complexity index is 1810. The van der Waals surface area contributed by atoms with Crippen molar-refractivity contribution < 1.29 is 18.6 Å². The second-order valence-corrected chi connectivity index (χ2v) is 11.2. The molecular formula is C42H38N2O2+2. The molecule has 46 heavy (non-hydrogen) atoms. The number of rotatable bonds is 11. The number of nitrogens with zero attached hydrogens (tertiary/aromatic N) is 2. The maximum absolute atomic E-state index is 6.17. The Kier molecular flexibility index (Phi) is 9.76. The number of hydrogen-bond donors (Lipinski definition) is 0. The number of pyridine rings is 2. The summed E-state index contributed by atoms with van der Waals surface area (Å²) in [5.74, 6) is 1.73. The summed E-state index contributed by atoms with van der Waals surface area (Å²) in [5, 5.41) is 0. The molecule has 0 atom stereocenters. The first-order valence-corrected chi connectivity index (χ1v) is 15.5. The molecule has 6 rings (SSSR count). The summed E-state index contributed by atoms with van der Waals surface area (Å²) in [6.07, 6.45) is 12.5. The summed E-state index contributed by atoms with van der Waals surface area (Å²) in [6, 6.07) is 45.8. The molecule has 4 nitrogen and oxygen atoms in total. The lowest BCUT2D eigenvalue weighted by atomic mass is 10.0. The fraction of sp³-hybridized carbons (Fsp3) is 0.0952. The van der Waals surface area contributed by atoms with Gasteiger partial charge in [-0.15, -0.1) is 0 Å². The highest BCUT2D eigenvalue weighted by Gasteiger charge is 2.09. The Hall–Kier alpha value is -5.74. The van der Waals surface area contributed by atoms with E-state index in [0.29, 0.717) is 13.2 Å². The minimum Gasteiger partial charge on any atom is -0.482 e. The Labute approximate surface area is 271 Å². The van der Waals surface area contributed by atoms with Crippen LogP contribution in [-0.2, 0) is 27.3 Å². The minimum absolute atomic E-state index is 0.515. The van der Waals surface area contributed by atoms with Gasteiger partial charge in [0.2, 0.25) is 11.4 Å². The van der Waals surface area contributed by atoms with E-state index < -0.39 is 0 Å². The van der Waals surface area contributed by atoms with E-state index in [2.05, 4.69) is 106 Å². The van der Waals surface area contributed by atoms with Crippen LogP contribution < -0.4 is 18.6 Å². The number of aryl methyl sites for hydroxylation is 2. The van der Waals surface area contributed by atoms with Crippen molar-refractivity contribution in [3.8, 4) is 22.6 Å². The van der Waals surface area contributed by atoms with Gasteiger partial charge >= 0.3 is 0 Å². The molecule has 0 radical (unpaired) electrons. The summed E-state index contributed by atoms with van der Waals surface area (Å²) < 4.78 is 16.5. The molecule has 0 aliphatic heterocycles. The number of aromatic nitrogens is 2. The van der Waals surface area contributed by atoms with E-state index >= 15 is 0 Å². The highest BCUT2D eigenvalue weighted by molar-refractivity contribution is 5.76. The molecular weight excluding hydrogens is 564 g/mol. The normalized spacial score (nSPS) is 11.3. The van der Waals surface area contributed by atoms with Crippen molar-refractivity contribution in [3.05, 3.63) is 179 Å². The van der Waals surface area contributed by atoms with Gasteiger partial charge < -0.3 is 9.47 Å². The quantitative estimate of drug-likeness (QED) is 0.110. The maximum Gasteiger partial charge on any atom is 0.219 e. The van der Waals surface area contributed by atoms with Crippen LogP contribution in [0.15, 0.2) is 146 Å². The van der Waals surface area contributed by atoms with E-state index in [4.69, 9.17) is 9.47 Å². The Morgan fingerprint density at radius 3 is 1.24 bits per heavy atom. The van der Waals surface area contributed by atoms with Gasteiger partial charge in [-0.3, -0.25) is 0 Å². The molecule has 4 heteroatoms. The van der Waals surface area contributed by atoms with Crippen LogP contribution in [0.1, 0.15) is 33.6 Å². The largest absolute Gasteiger partial charge is 0.482 e. The number of hydrogen-bond acceptors (Lipinski definition) is 2. The predicted octanol–water partition coefficient (Wildman–Crippen LogP) is 8.50. The fourth-order valence-corrected chi connectivity index (χ4v) is 5.17. The van der Waals surface area contributed by atoms with E-state index in [1.165, 1.54) is 11.1 Å². The molecule has 226 valence electrons. The van der Waals surface area contributed by atoms with Crippen molar-refractivity contribution in [2.75, 3.05) is 0 Å². The third-order valence-corrected chi connectivity index (χ3v) is 7.98. The summed E-state index contributed by atoms with van der Waals surface area (Å²) in [7, 11) is 4.07. The topological polar surface area (TPSA) is 26.2 Å². The zero-order valence-electron chi connectivity index (χ0n) is 26.3. The second-order valence-electron chi connectivity index (χ2n) is 11.2. The summed E-state index contributed by atoms with van der Waals surface area (Å²) in [6.45, 7) is 1.03. The van der Waals surface area contributed by atoms with Crippen LogP contribution in [0.25, 0.3) is 35.4 Å². The lowest BCUT2D eigenvalue weighted by molar-refractivity contribution is -0.680. The molecule has 0 unspecified atom stereocenters. The first-order chi connectivity index (χ1) is 22.6. The Balaban J connectivity index is 1.08. The van der Waals surface area contributed by atoms with Crippen molar-refractivity contribution in [1.29, 1.82) is 0 Å². The van der Waals surface area contributed by atoms with Gasteiger partial charge in [0.25, 0.3) is 0 Å². The van der Waals surface area contributed by atoms with E-state index in [1.807, 2.05) is 87.2 Å². The summed E-state index contributed by atoms with van der Waals surface area (Å²) in [5.41, 5.74) is 8.96. The van der Waals surface area contributed by atoms with Crippen LogP contribution in [-0.4, -0.2) is 0 Å². The minimum atomic E-state index is 0.515. The van der Waals surface area contributed by atoms with E-state index in [0.717, 1.165) is 45.1 Å². The maximum atomic E-state index is 6.17. The molecule has 0 bridgehead atoms. The number of benzene rings is 4. The number of para-hydroxylation sites is 2.